The molecule has 0 bridgehead atoms. The molecule has 0 saturated carbocycles. The number of carbonyl (C=O) groups is 1. The Hall–Kier alpha value is -0.850. The summed E-state index contributed by atoms with van der Waals surface area (Å²) >= 11 is 0. The summed E-state index contributed by atoms with van der Waals surface area (Å²) in [5.41, 5.74) is 1.21. The molecule has 1 heteroatoms. The first-order chi connectivity index (χ1) is 4.09. The summed E-state index contributed by atoms with van der Waals surface area (Å²) in [6.07, 6.45) is 0.714. The Morgan fingerprint density at radius 2 is 1.89 bits per heavy atom. The fraction of sp³-hybridized carbons (Fsp3) is 0.375. The van der Waals surface area contributed by atoms with Crippen LogP contribution in [0.3, 0.4) is 0 Å². The minimum atomic E-state index is -0.00231. The topological polar surface area (TPSA) is 17.1 Å². The van der Waals surface area contributed by atoms with Gasteiger partial charge in [-0.25, -0.2) is 0 Å². The molecular weight excluding hydrogens is 112 g/mol. The van der Waals surface area contributed by atoms with E-state index in [9.17, 15) is 4.79 Å². The lowest BCUT2D eigenvalue weighted by Crippen LogP contribution is -1.99. The van der Waals surface area contributed by atoms with Gasteiger partial charge in [-0.05, 0) is 24.5 Å². The van der Waals surface area contributed by atoms with Crippen LogP contribution in [0, 0.1) is 0 Å². The lowest BCUT2D eigenvalue weighted by Gasteiger charge is -1.97. The molecule has 0 aliphatic carbocycles. The average Bonchev–Trinajstić information content (AvgIpc) is 1.84. The Bertz CT molecular complexity index is 154. The zero-order chi connectivity index (χ0) is 7.44. The van der Waals surface area contributed by atoms with Gasteiger partial charge in [0, 0.05) is 0 Å². The van der Waals surface area contributed by atoms with Crippen molar-refractivity contribution in [3.63, 3.8) is 0 Å². The molecule has 0 spiro atoms. The molecule has 0 aromatic heterocycles. The van der Waals surface area contributed by atoms with Gasteiger partial charge in [0.15, 0.2) is 5.78 Å². The number of hydrogen-bond donors (Lipinski definition) is 0. The van der Waals surface area contributed by atoms with Gasteiger partial charge in [-0.1, -0.05) is 20.1 Å². The highest BCUT2D eigenvalue weighted by molar-refractivity contribution is 6.06. The molecule has 9 heavy (non-hydrogen) atoms. The smallest absolute Gasteiger partial charge is 0.183 e. The van der Waals surface area contributed by atoms with Crippen molar-refractivity contribution < 1.29 is 4.79 Å². The third-order valence-electron chi connectivity index (χ3n) is 1.14. The highest BCUT2D eigenvalue weighted by Crippen LogP contribution is 2.03. The van der Waals surface area contributed by atoms with E-state index in [-0.39, 0.29) is 5.78 Å². The summed E-state index contributed by atoms with van der Waals surface area (Å²) in [5, 5.41) is 0. The zero-order valence-electron chi connectivity index (χ0n) is 6.03. The van der Waals surface area contributed by atoms with E-state index in [0.717, 1.165) is 0 Å². The quantitative estimate of drug-likeness (QED) is 0.526. The van der Waals surface area contributed by atoms with Gasteiger partial charge in [0.05, 0.1) is 0 Å². The van der Waals surface area contributed by atoms with Crippen LogP contribution in [0.15, 0.2) is 24.3 Å². The molecule has 0 aromatic carbocycles. The van der Waals surface area contributed by atoms with E-state index in [1.807, 2.05) is 6.92 Å². The summed E-state index contributed by atoms with van der Waals surface area (Å²) < 4.78 is 0. The molecule has 0 aliphatic heterocycles. The van der Waals surface area contributed by atoms with Gasteiger partial charge < -0.3 is 0 Å². The molecule has 0 heterocycles. The summed E-state index contributed by atoms with van der Waals surface area (Å²) in [7, 11) is 0. The van der Waals surface area contributed by atoms with Crippen LogP contribution in [0.2, 0.25) is 0 Å². The van der Waals surface area contributed by atoms with Crippen molar-refractivity contribution in [3.8, 4) is 0 Å². The van der Waals surface area contributed by atoms with Crippen LogP contribution in [0.1, 0.15) is 20.3 Å². The standard InChI is InChI=1S/C8H12O/c1-5-7(4)8(9)6(2)3/h2,4-5H2,1,3H3. The number of Topliss-reactive ketones (excluding diaryl/α,β-unsaturated/α-hetero) is 1. The third-order valence-corrected chi connectivity index (χ3v) is 1.14. The Labute approximate surface area is 56.1 Å². The van der Waals surface area contributed by atoms with Crippen LogP contribution in [-0.2, 0) is 4.79 Å². The van der Waals surface area contributed by atoms with Crippen molar-refractivity contribution in [1.82, 2.24) is 0 Å². The molecule has 0 fully saturated rings. The van der Waals surface area contributed by atoms with Crippen LogP contribution < -0.4 is 0 Å². The van der Waals surface area contributed by atoms with Gasteiger partial charge in [0.2, 0.25) is 0 Å². The lowest BCUT2D eigenvalue weighted by molar-refractivity contribution is -0.112. The van der Waals surface area contributed by atoms with E-state index in [2.05, 4.69) is 13.2 Å². The van der Waals surface area contributed by atoms with Crippen LogP contribution in [0.4, 0.5) is 0 Å². The van der Waals surface area contributed by atoms with Gasteiger partial charge >= 0.3 is 0 Å². The molecule has 0 rings (SSSR count). The monoisotopic (exact) mass is 124 g/mol. The summed E-state index contributed by atoms with van der Waals surface area (Å²) in [5.74, 6) is -0.00231. The van der Waals surface area contributed by atoms with Crippen molar-refractivity contribution in [3.05, 3.63) is 24.3 Å². The fourth-order valence-corrected chi connectivity index (χ4v) is 0.462. The highest BCUT2D eigenvalue weighted by atomic mass is 16.1. The van der Waals surface area contributed by atoms with Crippen LogP contribution in [0.5, 0.6) is 0 Å². The fourth-order valence-electron chi connectivity index (χ4n) is 0.462. The number of hydrogen-bond acceptors (Lipinski definition) is 1. The number of ketones is 1. The van der Waals surface area contributed by atoms with Gasteiger partial charge in [-0.15, -0.1) is 0 Å². The second-order valence-electron chi connectivity index (χ2n) is 2.07. The molecule has 0 aromatic rings. The Balaban J connectivity index is 4.05. The van der Waals surface area contributed by atoms with Gasteiger partial charge in [-0.3, -0.25) is 4.79 Å². The molecule has 0 atom stereocenters. The van der Waals surface area contributed by atoms with Crippen molar-refractivity contribution in [1.29, 1.82) is 0 Å². The predicted molar refractivity (Wildman–Crippen MR) is 39.3 cm³/mol. The first-order valence-electron chi connectivity index (χ1n) is 2.97. The SMILES string of the molecule is C=C(C)C(=O)C(=C)CC. The molecule has 0 unspecified atom stereocenters. The minimum Gasteiger partial charge on any atom is -0.289 e. The van der Waals surface area contributed by atoms with Crippen molar-refractivity contribution in [2.24, 2.45) is 0 Å². The third kappa shape index (κ3) is 2.27. The largest absolute Gasteiger partial charge is 0.289 e. The second kappa shape index (κ2) is 3.23. The molecule has 0 saturated heterocycles. The number of allylic oxidation sites excluding steroid dienone is 2. The predicted octanol–water partition coefficient (Wildman–Crippen LogP) is 2.10. The average molecular weight is 124 g/mol. The van der Waals surface area contributed by atoms with Crippen molar-refractivity contribution >= 4 is 5.78 Å². The van der Waals surface area contributed by atoms with E-state index in [4.69, 9.17) is 0 Å². The van der Waals surface area contributed by atoms with E-state index in [1.165, 1.54) is 0 Å². The molecule has 0 amide bonds. The number of rotatable bonds is 3. The van der Waals surface area contributed by atoms with Gasteiger partial charge in [0.25, 0.3) is 0 Å². The Morgan fingerprint density at radius 1 is 1.44 bits per heavy atom. The molecular formula is C8H12O. The summed E-state index contributed by atoms with van der Waals surface area (Å²) in [6.45, 7) is 10.7. The normalized spacial score (nSPS) is 8.67. The van der Waals surface area contributed by atoms with E-state index < -0.39 is 0 Å². The van der Waals surface area contributed by atoms with Crippen LogP contribution >= 0.6 is 0 Å². The number of carbonyl (C=O) groups excluding carboxylic acids is 1. The van der Waals surface area contributed by atoms with Crippen molar-refractivity contribution in [2.75, 3.05) is 0 Å². The van der Waals surface area contributed by atoms with Crippen LogP contribution in [0.25, 0.3) is 0 Å². The van der Waals surface area contributed by atoms with Gasteiger partial charge in [0.1, 0.15) is 0 Å². The van der Waals surface area contributed by atoms with Gasteiger partial charge in [-0.2, -0.15) is 0 Å². The highest BCUT2D eigenvalue weighted by Gasteiger charge is 2.03. The van der Waals surface area contributed by atoms with E-state index >= 15 is 0 Å². The first-order valence-corrected chi connectivity index (χ1v) is 2.97. The zero-order valence-corrected chi connectivity index (χ0v) is 6.03. The Kier molecular flexibility index (Phi) is 2.93. The van der Waals surface area contributed by atoms with E-state index in [0.29, 0.717) is 17.6 Å². The first kappa shape index (κ1) is 8.15. The second-order valence-corrected chi connectivity index (χ2v) is 2.07. The van der Waals surface area contributed by atoms with Crippen LogP contribution in [-0.4, -0.2) is 5.78 Å². The maximum absolute atomic E-state index is 10.9. The minimum absolute atomic E-state index is 0.00231. The van der Waals surface area contributed by atoms with Crippen molar-refractivity contribution in [2.45, 2.75) is 20.3 Å². The van der Waals surface area contributed by atoms with E-state index in [1.54, 1.807) is 6.92 Å². The molecule has 0 radical (unpaired) electrons. The summed E-state index contributed by atoms with van der Waals surface area (Å²) in [4.78, 5) is 10.9. The molecule has 1 nitrogen and oxygen atoms in total. The maximum atomic E-state index is 10.9. The summed E-state index contributed by atoms with van der Waals surface area (Å²) in [6, 6.07) is 0. The lowest BCUT2D eigenvalue weighted by atomic mass is 10.1. The molecule has 50 valence electrons. The molecule has 0 aliphatic rings. The molecule has 0 N–H and O–H groups in total. The Morgan fingerprint density at radius 3 is 2.00 bits per heavy atom. The maximum Gasteiger partial charge on any atom is 0.183 e.